The number of unbranched alkanes of at least 4 members (excludes halogenated alkanes) is 6. The van der Waals surface area contributed by atoms with Gasteiger partial charge < -0.3 is 0 Å². The van der Waals surface area contributed by atoms with Crippen molar-refractivity contribution in [3.8, 4) is 11.1 Å². The lowest BCUT2D eigenvalue weighted by molar-refractivity contribution is 0.589. The fourth-order valence-electron chi connectivity index (χ4n) is 3.64. The van der Waals surface area contributed by atoms with E-state index in [0.717, 1.165) is 6.42 Å². The third-order valence-corrected chi connectivity index (χ3v) is 4.93. The second-order valence-electron chi connectivity index (χ2n) is 6.70. The first kappa shape index (κ1) is 15.3. The van der Waals surface area contributed by atoms with Gasteiger partial charge >= 0.3 is 0 Å². The van der Waals surface area contributed by atoms with Crippen LogP contribution in [-0.4, -0.2) is 0 Å². The van der Waals surface area contributed by atoms with Gasteiger partial charge in [-0.1, -0.05) is 87.9 Å². The highest BCUT2D eigenvalue weighted by Gasteiger charge is 2.17. The average Bonchev–Trinajstić information content (AvgIpc) is 2.91. The molecule has 0 aromatic heterocycles. The smallest absolute Gasteiger partial charge is 0.00134 e. The van der Waals surface area contributed by atoms with Crippen molar-refractivity contribution in [1.82, 2.24) is 0 Å². The monoisotopic (exact) mass is 292 g/mol. The van der Waals surface area contributed by atoms with E-state index in [4.69, 9.17) is 0 Å². The van der Waals surface area contributed by atoms with E-state index in [-0.39, 0.29) is 0 Å². The molecule has 3 rings (SSSR count). The predicted molar refractivity (Wildman–Crippen MR) is 96.4 cm³/mol. The standard InChI is InChI=1S/C22H28/c1-2-3-4-5-6-7-8-11-18-14-15-22-20(16-18)17-19-12-9-10-13-21(19)22/h9-10,12-16H,2-8,11,17H2,1H3. The van der Waals surface area contributed by atoms with Crippen molar-refractivity contribution in [3.05, 3.63) is 59.2 Å². The average molecular weight is 292 g/mol. The lowest BCUT2D eigenvalue weighted by Gasteiger charge is -2.06. The van der Waals surface area contributed by atoms with Crippen LogP contribution in [0.1, 0.15) is 68.6 Å². The second-order valence-corrected chi connectivity index (χ2v) is 6.70. The van der Waals surface area contributed by atoms with Crippen molar-refractivity contribution in [3.63, 3.8) is 0 Å². The van der Waals surface area contributed by atoms with Crippen LogP contribution in [0, 0.1) is 0 Å². The molecule has 0 heterocycles. The van der Waals surface area contributed by atoms with Gasteiger partial charge in [-0.15, -0.1) is 0 Å². The zero-order chi connectivity index (χ0) is 15.2. The van der Waals surface area contributed by atoms with Crippen molar-refractivity contribution >= 4 is 0 Å². The van der Waals surface area contributed by atoms with Crippen LogP contribution in [-0.2, 0) is 12.8 Å². The van der Waals surface area contributed by atoms with Crippen LogP contribution < -0.4 is 0 Å². The lowest BCUT2D eigenvalue weighted by atomic mass is 9.99. The van der Waals surface area contributed by atoms with Gasteiger partial charge in [0.25, 0.3) is 0 Å². The van der Waals surface area contributed by atoms with Crippen molar-refractivity contribution < 1.29 is 0 Å². The summed E-state index contributed by atoms with van der Waals surface area (Å²) >= 11 is 0. The summed E-state index contributed by atoms with van der Waals surface area (Å²) in [4.78, 5) is 0. The highest BCUT2D eigenvalue weighted by atomic mass is 14.2. The molecule has 0 aliphatic heterocycles. The van der Waals surface area contributed by atoms with Crippen LogP contribution in [0.4, 0.5) is 0 Å². The van der Waals surface area contributed by atoms with E-state index >= 15 is 0 Å². The summed E-state index contributed by atoms with van der Waals surface area (Å²) in [6.07, 6.45) is 12.1. The number of rotatable bonds is 8. The summed E-state index contributed by atoms with van der Waals surface area (Å²) in [5.41, 5.74) is 7.45. The number of aryl methyl sites for hydroxylation is 1. The summed E-state index contributed by atoms with van der Waals surface area (Å²) in [6.45, 7) is 2.28. The van der Waals surface area contributed by atoms with Gasteiger partial charge in [0.2, 0.25) is 0 Å². The second kappa shape index (κ2) is 7.63. The molecule has 0 nitrogen and oxygen atoms in total. The van der Waals surface area contributed by atoms with E-state index in [1.807, 2.05) is 0 Å². The Labute approximate surface area is 135 Å². The third kappa shape index (κ3) is 3.61. The quantitative estimate of drug-likeness (QED) is 0.413. The van der Waals surface area contributed by atoms with Crippen molar-refractivity contribution in [2.45, 2.75) is 64.7 Å². The summed E-state index contributed by atoms with van der Waals surface area (Å²) < 4.78 is 0. The first-order valence-electron chi connectivity index (χ1n) is 9.08. The molecular weight excluding hydrogens is 264 g/mol. The molecule has 0 bridgehead atoms. The van der Waals surface area contributed by atoms with E-state index in [2.05, 4.69) is 49.4 Å². The van der Waals surface area contributed by atoms with E-state index in [1.54, 1.807) is 0 Å². The van der Waals surface area contributed by atoms with Crippen LogP contribution in [0.3, 0.4) is 0 Å². The van der Waals surface area contributed by atoms with Crippen LogP contribution in [0.2, 0.25) is 0 Å². The van der Waals surface area contributed by atoms with E-state index < -0.39 is 0 Å². The summed E-state index contributed by atoms with van der Waals surface area (Å²) in [5, 5.41) is 0. The fraction of sp³-hybridized carbons (Fsp3) is 0.455. The highest BCUT2D eigenvalue weighted by Crippen LogP contribution is 2.36. The Kier molecular flexibility index (Phi) is 5.32. The molecule has 0 saturated carbocycles. The van der Waals surface area contributed by atoms with Gasteiger partial charge in [-0.3, -0.25) is 0 Å². The summed E-state index contributed by atoms with van der Waals surface area (Å²) in [5.74, 6) is 0. The minimum absolute atomic E-state index is 1.12. The van der Waals surface area contributed by atoms with Crippen LogP contribution in [0.15, 0.2) is 42.5 Å². The Balaban J connectivity index is 1.50. The third-order valence-electron chi connectivity index (χ3n) is 4.93. The number of hydrogen-bond donors (Lipinski definition) is 0. The molecule has 0 N–H and O–H groups in total. The summed E-state index contributed by atoms with van der Waals surface area (Å²) in [7, 11) is 0. The van der Waals surface area contributed by atoms with Crippen molar-refractivity contribution in [2.24, 2.45) is 0 Å². The van der Waals surface area contributed by atoms with Gasteiger partial charge in [0.05, 0.1) is 0 Å². The minimum Gasteiger partial charge on any atom is -0.0654 e. The number of fused-ring (bicyclic) bond motifs is 3. The molecule has 2 aromatic rings. The maximum absolute atomic E-state index is 2.45. The van der Waals surface area contributed by atoms with Gasteiger partial charge in [-0.2, -0.15) is 0 Å². The minimum atomic E-state index is 1.12. The molecule has 0 spiro atoms. The van der Waals surface area contributed by atoms with Gasteiger partial charge in [-0.05, 0) is 47.1 Å². The molecule has 116 valence electrons. The molecule has 0 atom stereocenters. The Hall–Kier alpha value is -1.56. The Morgan fingerprint density at radius 2 is 1.45 bits per heavy atom. The molecule has 0 amide bonds. The Bertz CT molecular complexity index is 609. The zero-order valence-corrected chi connectivity index (χ0v) is 13.9. The molecule has 2 aromatic carbocycles. The van der Waals surface area contributed by atoms with Gasteiger partial charge in [-0.25, -0.2) is 0 Å². The van der Waals surface area contributed by atoms with Crippen LogP contribution in [0.5, 0.6) is 0 Å². The van der Waals surface area contributed by atoms with E-state index in [1.165, 1.54) is 79.2 Å². The maximum atomic E-state index is 2.45. The molecule has 1 aliphatic carbocycles. The first-order valence-corrected chi connectivity index (χ1v) is 9.08. The molecule has 0 unspecified atom stereocenters. The lowest BCUT2D eigenvalue weighted by Crippen LogP contribution is -1.89. The molecule has 0 fully saturated rings. The van der Waals surface area contributed by atoms with Crippen LogP contribution >= 0.6 is 0 Å². The molecule has 22 heavy (non-hydrogen) atoms. The Morgan fingerprint density at radius 1 is 0.727 bits per heavy atom. The molecule has 1 aliphatic rings. The van der Waals surface area contributed by atoms with Gasteiger partial charge in [0.1, 0.15) is 0 Å². The topological polar surface area (TPSA) is 0 Å². The van der Waals surface area contributed by atoms with Crippen molar-refractivity contribution in [1.29, 1.82) is 0 Å². The molecule has 0 radical (unpaired) electrons. The van der Waals surface area contributed by atoms with E-state index in [0.29, 0.717) is 0 Å². The first-order chi connectivity index (χ1) is 10.9. The molecular formula is C22H28. The van der Waals surface area contributed by atoms with Crippen molar-refractivity contribution in [2.75, 3.05) is 0 Å². The predicted octanol–water partition coefficient (Wildman–Crippen LogP) is 6.55. The largest absolute Gasteiger partial charge is 0.0654 e. The zero-order valence-electron chi connectivity index (χ0n) is 13.9. The number of hydrogen-bond acceptors (Lipinski definition) is 0. The van der Waals surface area contributed by atoms with E-state index in [9.17, 15) is 0 Å². The maximum Gasteiger partial charge on any atom is -0.00134 e. The fourth-order valence-corrected chi connectivity index (χ4v) is 3.64. The SMILES string of the molecule is CCCCCCCCCc1ccc2c(c1)Cc1ccccc1-2. The normalized spacial score (nSPS) is 12.2. The molecule has 0 heteroatoms. The van der Waals surface area contributed by atoms with Crippen LogP contribution in [0.25, 0.3) is 11.1 Å². The molecule has 0 saturated heterocycles. The highest BCUT2D eigenvalue weighted by molar-refractivity contribution is 5.76. The summed E-state index contributed by atoms with van der Waals surface area (Å²) in [6, 6.07) is 16.0. The van der Waals surface area contributed by atoms with Gasteiger partial charge in [0, 0.05) is 0 Å². The van der Waals surface area contributed by atoms with Gasteiger partial charge in [0.15, 0.2) is 0 Å². The Morgan fingerprint density at radius 3 is 2.32 bits per heavy atom. The number of benzene rings is 2.